The number of hydrogen-bond acceptors (Lipinski definition) is 2. The Bertz CT molecular complexity index is 124. The van der Waals surface area contributed by atoms with Crippen molar-refractivity contribution in [1.82, 2.24) is 0 Å². The summed E-state index contributed by atoms with van der Waals surface area (Å²) in [6.07, 6.45) is 2.70. The predicted octanol–water partition coefficient (Wildman–Crippen LogP) is 0.0260. The van der Waals surface area contributed by atoms with E-state index in [1.807, 2.05) is 0 Å². The number of carboxylic acids is 1. The van der Waals surface area contributed by atoms with Crippen molar-refractivity contribution in [3.63, 3.8) is 0 Å². The molecule has 0 bridgehead atoms. The van der Waals surface area contributed by atoms with Gasteiger partial charge in [-0.05, 0) is 6.08 Å². The minimum absolute atomic E-state index is 0.0751. The molecule has 1 fully saturated rings. The first-order valence-electron chi connectivity index (χ1n) is 2.32. The molecular weight excluding hydrogens is 108 g/mol. The second kappa shape index (κ2) is 1.96. The van der Waals surface area contributed by atoms with Gasteiger partial charge in [-0.2, -0.15) is 0 Å². The first-order valence-corrected chi connectivity index (χ1v) is 2.32. The number of rotatable bonds is 2. The van der Waals surface area contributed by atoms with E-state index in [1.54, 1.807) is 0 Å². The maximum absolute atomic E-state index is 9.79. The van der Waals surface area contributed by atoms with E-state index in [0.29, 0.717) is 6.61 Å². The van der Waals surface area contributed by atoms with E-state index >= 15 is 0 Å². The van der Waals surface area contributed by atoms with Crippen LogP contribution in [0.15, 0.2) is 12.2 Å². The molecule has 1 unspecified atom stereocenters. The van der Waals surface area contributed by atoms with Crippen molar-refractivity contribution < 1.29 is 14.6 Å². The molecule has 0 aliphatic carbocycles. The van der Waals surface area contributed by atoms with Crippen LogP contribution in [-0.2, 0) is 9.53 Å². The van der Waals surface area contributed by atoms with Crippen LogP contribution in [0.1, 0.15) is 0 Å². The zero-order valence-electron chi connectivity index (χ0n) is 4.20. The number of ether oxygens (including phenoxy) is 1. The molecule has 0 saturated carbocycles. The lowest BCUT2D eigenvalue weighted by atomic mass is 10.4. The van der Waals surface area contributed by atoms with Crippen molar-refractivity contribution in [1.29, 1.82) is 0 Å². The standard InChI is InChI=1S/C5H6O3/c6-5(7)2-1-4-3-8-4/h1-2,4H,3H2,(H,6,7)/b2-1+. The van der Waals surface area contributed by atoms with Crippen LogP contribution in [0.2, 0.25) is 0 Å². The van der Waals surface area contributed by atoms with Crippen molar-refractivity contribution in [2.45, 2.75) is 6.10 Å². The smallest absolute Gasteiger partial charge is 0.328 e. The number of aliphatic carboxylic acids is 1. The fourth-order valence-corrected chi connectivity index (χ4v) is 0.356. The summed E-state index contributed by atoms with van der Waals surface area (Å²) in [4.78, 5) is 9.79. The summed E-state index contributed by atoms with van der Waals surface area (Å²) in [6.45, 7) is 0.670. The molecule has 0 amide bonds. The highest BCUT2D eigenvalue weighted by atomic mass is 16.6. The van der Waals surface area contributed by atoms with E-state index in [-0.39, 0.29) is 6.10 Å². The molecule has 1 aliphatic rings. The summed E-state index contributed by atoms with van der Waals surface area (Å²) in [5, 5.41) is 8.05. The van der Waals surface area contributed by atoms with Gasteiger partial charge in [0.05, 0.1) is 12.7 Å². The van der Waals surface area contributed by atoms with Gasteiger partial charge in [-0.1, -0.05) is 0 Å². The van der Waals surface area contributed by atoms with Crippen molar-refractivity contribution >= 4 is 5.97 Å². The van der Waals surface area contributed by atoms with E-state index in [1.165, 1.54) is 6.08 Å². The van der Waals surface area contributed by atoms with Crippen molar-refractivity contribution in [3.05, 3.63) is 12.2 Å². The summed E-state index contributed by atoms with van der Waals surface area (Å²) >= 11 is 0. The van der Waals surface area contributed by atoms with Gasteiger partial charge in [-0.25, -0.2) is 4.79 Å². The van der Waals surface area contributed by atoms with Crippen LogP contribution in [-0.4, -0.2) is 23.8 Å². The quantitative estimate of drug-likeness (QED) is 0.407. The van der Waals surface area contributed by atoms with Gasteiger partial charge < -0.3 is 9.84 Å². The summed E-state index contributed by atoms with van der Waals surface area (Å²) in [5.41, 5.74) is 0. The molecule has 1 heterocycles. The zero-order chi connectivity index (χ0) is 5.98. The Balaban J connectivity index is 2.23. The molecule has 0 radical (unpaired) electrons. The van der Waals surface area contributed by atoms with Crippen LogP contribution in [0.5, 0.6) is 0 Å². The minimum Gasteiger partial charge on any atom is -0.478 e. The Kier molecular flexibility index (Phi) is 1.30. The summed E-state index contributed by atoms with van der Waals surface area (Å²) in [6, 6.07) is 0. The van der Waals surface area contributed by atoms with E-state index in [9.17, 15) is 4.79 Å². The molecule has 1 atom stereocenters. The van der Waals surface area contributed by atoms with Gasteiger partial charge in [-0.3, -0.25) is 0 Å². The van der Waals surface area contributed by atoms with Gasteiger partial charge >= 0.3 is 5.97 Å². The largest absolute Gasteiger partial charge is 0.478 e. The average Bonchev–Trinajstić information content (AvgIpc) is 2.41. The first kappa shape index (κ1) is 5.31. The summed E-state index contributed by atoms with van der Waals surface area (Å²) in [7, 11) is 0. The highest BCUT2D eigenvalue weighted by Gasteiger charge is 2.18. The van der Waals surface area contributed by atoms with Crippen LogP contribution in [0.25, 0.3) is 0 Å². The van der Waals surface area contributed by atoms with Gasteiger partial charge in [-0.15, -0.1) is 0 Å². The number of carbonyl (C=O) groups is 1. The van der Waals surface area contributed by atoms with Crippen LogP contribution >= 0.6 is 0 Å². The molecule has 0 aromatic heterocycles. The van der Waals surface area contributed by atoms with Crippen molar-refractivity contribution in [3.8, 4) is 0 Å². The Labute approximate surface area is 46.6 Å². The first-order chi connectivity index (χ1) is 3.79. The summed E-state index contributed by atoms with van der Waals surface area (Å²) in [5.74, 6) is -0.916. The molecule has 0 aromatic carbocycles. The van der Waals surface area contributed by atoms with Gasteiger partial charge in [0.2, 0.25) is 0 Å². The van der Waals surface area contributed by atoms with Crippen LogP contribution in [0, 0.1) is 0 Å². The second-order valence-electron chi connectivity index (χ2n) is 1.57. The molecule has 3 heteroatoms. The average molecular weight is 114 g/mol. The maximum Gasteiger partial charge on any atom is 0.328 e. The second-order valence-corrected chi connectivity index (χ2v) is 1.57. The Morgan fingerprint density at radius 1 is 1.88 bits per heavy atom. The Hall–Kier alpha value is -0.830. The SMILES string of the molecule is O=C(O)/C=C/C1CO1. The maximum atomic E-state index is 9.79. The van der Waals surface area contributed by atoms with E-state index in [4.69, 9.17) is 9.84 Å². The van der Waals surface area contributed by atoms with Gasteiger partial charge in [0.1, 0.15) is 0 Å². The molecule has 44 valence electrons. The van der Waals surface area contributed by atoms with E-state index in [2.05, 4.69) is 0 Å². The number of carboxylic acid groups (broad SMARTS) is 1. The van der Waals surface area contributed by atoms with Crippen LogP contribution in [0.4, 0.5) is 0 Å². The molecule has 1 N–H and O–H groups in total. The number of hydrogen-bond donors (Lipinski definition) is 1. The fraction of sp³-hybridized carbons (Fsp3) is 0.400. The molecule has 3 nitrogen and oxygen atoms in total. The lowest BCUT2D eigenvalue weighted by molar-refractivity contribution is -0.131. The lowest BCUT2D eigenvalue weighted by Crippen LogP contribution is -1.87. The van der Waals surface area contributed by atoms with Crippen LogP contribution in [0.3, 0.4) is 0 Å². The zero-order valence-corrected chi connectivity index (χ0v) is 4.20. The molecular formula is C5H6O3. The molecule has 0 spiro atoms. The molecule has 1 rings (SSSR count). The molecule has 8 heavy (non-hydrogen) atoms. The normalized spacial score (nSPS) is 26.2. The monoisotopic (exact) mass is 114 g/mol. The third kappa shape index (κ3) is 1.75. The minimum atomic E-state index is -0.916. The highest BCUT2D eigenvalue weighted by Crippen LogP contribution is 2.08. The molecule has 0 aromatic rings. The number of epoxide rings is 1. The van der Waals surface area contributed by atoms with Crippen molar-refractivity contribution in [2.75, 3.05) is 6.61 Å². The molecule has 1 aliphatic heterocycles. The Morgan fingerprint density at radius 3 is 2.88 bits per heavy atom. The Morgan fingerprint density at radius 2 is 2.50 bits per heavy atom. The fourth-order valence-electron chi connectivity index (χ4n) is 0.356. The van der Waals surface area contributed by atoms with Crippen LogP contribution < -0.4 is 0 Å². The van der Waals surface area contributed by atoms with Gasteiger partial charge in [0, 0.05) is 6.08 Å². The highest BCUT2D eigenvalue weighted by molar-refractivity contribution is 5.79. The third-order valence-electron chi connectivity index (χ3n) is 0.813. The van der Waals surface area contributed by atoms with E-state index < -0.39 is 5.97 Å². The lowest BCUT2D eigenvalue weighted by Gasteiger charge is -1.74. The third-order valence-corrected chi connectivity index (χ3v) is 0.813. The van der Waals surface area contributed by atoms with Gasteiger partial charge in [0.15, 0.2) is 0 Å². The predicted molar refractivity (Wildman–Crippen MR) is 26.5 cm³/mol. The summed E-state index contributed by atoms with van der Waals surface area (Å²) < 4.78 is 4.71. The van der Waals surface area contributed by atoms with Crippen molar-refractivity contribution in [2.24, 2.45) is 0 Å². The molecule has 1 saturated heterocycles. The topological polar surface area (TPSA) is 49.8 Å². The van der Waals surface area contributed by atoms with E-state index in [0.717, 1.165) is 6.08 Å². The van der Waals surface area contributed by atoms with Gasteiger partial charge in [0.25, 0.3) is 0 Å².